The molecule has 33 heavy (non-hydrogen) atoms. The molecule has 0 N–H and O–H groups in total. The molecule has 1 aliphatic carbocycles. The molecule has 4 rings (SSSR count). The summed E-state index contributed by atoms with van der Waals surface area (Å²) in [6.07, 6.45) is 7.34. The van der Waals surface area contributed by atoms with E-state index in [-0.39, 0.29) is 18.6 Å². The number of carbonyl (C=O) groups is 1. The minimum atomic E-state index is -0.0400. The molecule has 0 bridgehead atoms. The van der Waals surface area contributed by atoms with Gasteiger partial charge in [-0.05, 0) is 54.9 Å². The fraction of sp³-hybridized carbons (Fsp3) is 0.346. The van der Waals surface area contributed by atoms with Gasteiger partial charge < -0.3 is 14.4 Å². The zero-order valence-electron chi connectivity index (χ0n) is 18.9. The molecule has 0 aromatic heterocycles. The van der Waals surface area contributed by atoms with E-state index in [1.54, 1.807) is 23.0 Å². The Hall–Kier alpha value is -3.37. The summed E-state index contributed by atoms with van der Waals surface area (Å²) in [6.45, 7) is 0.256. The first-order chi connectivity index (χ1) is 16.0. The molecule has 0 radical (unpaired) electrons. The summed E-state index contributed by atoms with van der Waals surface area (Å²) in [5, 5.41) is 9.84. The predicted octanol–water partition coefficient (Wildman–Crippen LogP) is 4.88. The third-order valence-electron chi connectivity index (χ3n) is 6.24. The van der Waals surface area contributed by atoms with Gasteiger partial charge in [0.1, 0.15) is 12.3 Å². The van der Waals surface area contributed by atoms with Crippen LogP contribution in [0.5, 0.6) is 11.5 Å². The number of nitrogens with zero attached hydrogens (tertiary/aromatic N) is 3. The highest BCUT2D eigenvalue weighted by Gasteiger charge is 2.40. The van der Waals surface area contributed by atoms with Crippen LogP contribution in [0.25, 0.3) is 6.08 Å². The second-order valence-corrected chi connectivity index (χ2v) is 8.67. The van der Waals surface area contributed by atoms with Crippen molar-refractivity contribution in [3.05, 3.63) is 64.9 Å². The van der Waals surface area contributed by atoms with Crippen molar-refractivity contribution in [2.45, 2.75) is 44.8 Å². The Kier molecular flexibility index (Phi) is 6.95. The molecule has 1 saturated carbocycles. The molecule has 0 spiro atoms. The first-order valence-corrected chi connectivity index (χ1v) is 11.6. The summed E-state index contributed by atoms with van der Waals surface area (Å²) in [4.78, 5) is 16.8. The van der Waals surface area contributed by atoms with Crippen molar-refractivity contribution in [2.24, 2.45) is 0 Å². The molecule has 7 heteroatoms. The van der Waals surface area contributed by atoms with Gasteiger partial charge in [-0.25, -0.2) is 0 Å². The Morgan fingerprint density at radius 1 is 1.15 bits per heavy atom. The van der Waals surface area contributed by atoms with Crippen LogP contribution in [0.2, 0.25) is 0 Å². The van der Waals surface area contributed by atoms with Gasteiger partial charge >= 0.3 is 0 Å². The van der Waals surface area contributed by atoms with Crippen LogP contribution in [0.15, 0.2) is 48.2 Å². The minimum absolute atomic E-state index is 0.0400. The normalized spacial score (nSPS) is 18.0. The molecule has 6 nitrogen and oxygen atoms in total. The van der Waals surface area contributed by atoms with Gasteiger partial charge in [-0.3, -0.25) is 9.69 Å². The molecular weight excluding hydrogens is 434 g/mol. The average molecular weight is 462 g/mol. The Morgan fingerprint density at radius 2 is 1.91 bits per heavy atom. The number of carbonyl (C=O) groups excluding carboxylic acids is 1. The number of hydrogen-bond donors (Lipinski definition) is 0. The van der Waals surface area contributed by atoms with E-state index in [1.807, 2.05) is 49.5 Å². The number of ether oxygens (including phenoxy) is 2. The van der Waals surface area contributed by atoms with E-state index >= 15 is 0 Å². The summed E-state index contributed by atoms with van der Waals surface area (Å²) >= 11 is 5.61. The number of methoxy groups -OCH3 is 1. The average Bonchev–Trinajstić information content (AvgIpc) is 3.06. The minimum Gasteiger partial charge on any atom is -0.493 e. The third kappa shape index (κ3) is 4.71. The first kappa shape index (κ1) is 22.8. The molecule has 1 amide bonds. The quantitative estimate of drug-likeness (QED) is 0.451. The van der Waals surface area contributed by atoms with Crippen molar-refractivity contribution in [1.29, 1.82) is 5.26 Å². The second-order valence-electron chi connectivity index (χ2n) is 8.31. The largest absolute Gasteiger partial charge is 0.493 e. The maximum absolute atomic E-state index is 13.2. The molecule has 0 unspecified atom stereocenters. The lowest BCUT2D eigenvalue weighted by atomic mass is 9.94. The van der Waals surface area contributed by atoms with Crippen LogP contribution in [0.4, 0.5) is 0 Å². The fourth-order valence-corrected chi connectivity index (χ4v) is 4.73. The SMILES string of the molecule is COc1cc(C=C2C(=O)N(C3CCCCC3)C(=S)N2C)ccc1OCc1ccccc1C#N. The van der Waals surface area contributed by atoms with Crippen LogP contribution in [0.1, 0.15) is 48.8 Å². The van der Waals surface area contributed by atoms with E-state index in [0.717, 1.165) is 36.8 Å². The van der Waals surface area contributed by atoms with Crippen LogP contribution in [-0.4, -0.2) is 41.0 Å². The monoisotopic (exact) mass is 461 g/mol. The van der Waals surface area contributed by atoms with Crippen LogP contribution in [-0.2, 0) is 11.4 Å². The summed E-state index contributed by atoms with van der Waals surface area (Å²) in [5.74, 6) is 1.08. The number of likely N-dealkylation sites (N-methyl/N-ethyl adjacent to an activating group) is 1. The van der Waals surface area contributed by atoms with Crippen LogP contribution in [0, 0.1) is 11.3 Å². The second kappa shape index (κ2) is 10.1. The van der Waals surface area contributed by atoms with Gasteiger partial charge in [-0.15, -0.1) is 0 Å². The predicted molar refractivity (Wildman–Crippen MR) is 131 cm³/mol. The zero-order valence-corrected chi connectivity index (χ0v) is 19.7. The standard InChI is InChI=1S/C26H27N3O3S/c1-28-22(25(30)29(26(28)33)21-10-4-3-5-11-21)14-18-12-13-23(24(15-18)31-2)32-17-20-9-7-6-8-19(20)16-27/h6-9,12-15,21H,3-5,10-11,17H2,1-2H3. The molecule has 1 aliphatic heterocycles. The topological polar surface area (TPSA) is 65.8 Å². The van der Waals surface area contributed by atoms with Gasteiger partial charge in [-0.1, -0.05) is 43.5 Å². The third-order valence-corrected chi connectivity index (χ3v) is 6.71. The van der Waals surface area contributed by atoms with Crippen molar-refractivity contribution >= 4 is 29.3 Å². The van der Waals surface area contributed by atoms with E-state index in [0.29, 0.717) is 27.9 Å². The van der Waals surface area contributed by atoms with Crippen molar-refractivity contribution in [1.82, 2.24) is 9.80 Å². The molecule has 2 fully saturated rings. The molecule has 2 aromatic carbocycles. The number of nitriles is 1. The van der Waals surface area contributed by atoms with E-state index in [9.17, 15) is 10.1 Å². The lowest BCUT2D eigenvalue weighted by Crippen LogP contribution is -2.41. The molecule has 1 heterocycles. The van der Waals surface area contributed by atoms with Gasteiger partial charge in [0.05, 0.1) is 18.7 Å². The smallest absolute Gasteiger partial charge is 0.277 e. The Labute approximate surface area is 200 Å². The number of hydrogen-bond acceptors (Lipinski definition) is 5. The highest BCUT2D eigenvalue weighted by atomic mass is 32.1. The molecule has 2 aliphatic rings. The Morgan fingerprint density at radius 3 is 2.64 bits per heavy atom. The number of benzene rings is 2. The highest BCUT2D eigenvalue weighted by Crippen LogP contribution is 2.33. The van der Waals surface area contributed by atoms with E-state index < -0.39 is 0 Å². The molecular formula is C26H27N3O3S. The van der Waals surface area contributed by atoms with Crippen LogP contribution < -0.4 is 9.47 Å². The van der Waals surface area contributed by atoms with Gasteiger partial charge in [-0.2, -0.15) is 5.26 Å². The fourth-order valence-electron chi connectivity index (χ4n) is 4.40. The van der Waals surface area contributed by atoms with Crippen LogP contribution >= 0.6 is 12.2 Å². The maximum Gasteiger partial charge on any atom is 0.277 e. The van der Waals surface area contributed by atoms with Gasteiger partial charge in [0.25, 0.3) is 5.91 Å². The van der Waals surface area contributed by atoms with Crippen molar-refractivity contribution in [3.8, 4) is 17.6 Å². The number of thiocarbonyl (C=S) groups is 1. The maximum atomic E-state index is 13.2. The van der Waals surface area contributed by atoms with Crippen molar-refractivity contribution in [3.63, 3.8) is 0 Å². The zero-order chi connectivity index (χ0) is 23.4. The van der Waals surface area contributed by atoms with E-state index in [4.69, 9.17) is 21.7 Å². The number of rotatable bonds is 6. The van der Waals surface area contributed by atoms with Gasteiger partial charge in [0, 0.05) is 18.7 Å². The molecule has 2 aromatic rings. The molecule has 0 atom stereocenters. The lowest BCUT2D eigenvalue weighted by Gasteiger charge is -2.30. The number of amides is 1. The summed E-state index contributed by atoms with van der Waals surface area (Å²) in [5.41, 5.74) is 2.77. The van der Waals surface area contributed by atoms with Gasteiger partial charge in [0.15, 0.2) is 16.6 Å². The highest BCUT2D eigenvalue weighted by molar-refractivity contribution is 7.80. The molecule has 1 saturated heterocycles. The summed E-state index contributed by atoms with van der Waals surface area (Å²) < 4.78 is 11.5. The Balaban J connectivity index is 1.54. The van der Waals surface area contributed by atoms with Crippen LogP contribution in [0.3, 0.4) is 0 Å². The summed E-state index contributed by atoms with van der Waals surface area (Å²) in [7, 11) is 3.42. The van der Waals surface area contributed by atoms with Crippen molar-refractivity contribution < 1.29 is 14.3 Å². The van der Waals surface area contributed by atoms with E-state index in [1.165, 1.54) is 6.42 Å². The first-order valence-electron chi connectivity index (χ1n) is 11.1. The van der Waals surface area contributed by atoms with Crippen molar-refractivity contribution in [2.75, 3.05) is 14.2 Å². The van der Waals surface area contributed by atoms with Gasteiger partial charge in [0.2, 0.25) is 0 Å². The lowest BCUT2D eigenvalue weighted by molar-refractivity contribution is -0.124. The Bertz CT molecular complexity index is 1130. The molecule has 170 valence electrons. The van der Waals surface area contributed by atoms with E-state index in [2.05, 4.69) is 6.07 Å². The summed E-state index contributed by atoms with van der Waals surface area (Å²) in [6, 6.07) is 15.2.